The van der Waals surface area contributed by atoms with Gasteiger partial charge in [-0.2, -0.15) is 0 Å². The number of benzene rings is 2. The van der Waals surface area contributed by atoms with Gasteiger partial charge >= 0.3 is 0 Å². The Morgan fingerprint density at radius 2 is 1.71 bits per heavy atom. The molecule has 1 fully saturated rings. The van der Waals surface area contributed by atoms with E-state index in [9.17, 15) is 4.79 Å². The lowest BCUT2D eigenvalue weighted by Crippen LogP contribution is -2.37. The van der Waals surface area contributed by atoms with E-state index in [-0.39, 0.29) is 11.9 Å². The molecular weight excluding hydrogens is 444 g/mol. The van der Waals surface area contributed by atoms with Crippen molar-refractivity contribution < 1.29 is 14.3 Å². The molecule has 1 aliphatic rings. The quantitative estimate of drug-likeness (QED) is 0.424. The summed E-state index contributed by atoms with van der Waals surface area (Å²) in [5.74, 6) is 2.08. The molecule has 34 heavy (non-hydrogen) atoms. The molecule has 0 unspecified atom stereocenters. The number of rotatable bonds is 7. The predicted octanol–water partition coefficient (Wildman–Crippen LogP) is 6.46. The zero-order valence-electron chi connectivity index (χ0n) is 20.7. The number of hydrogen-bond acceptors (Lipinski definition) is 5. The summed E-state index contributed by atoms with van der Waals surface area (Å²) in [5, 5.41) is 4.15. The first kappa shape index (κ1) is 24.3. The van der Waals surface area contributed by atoms with Crippen molar-refractivity contribution in [3.05, 3.63) is 75.7 Å². The second-order valence-corrected chi connectivity index (χ2v) is 10.3. The summed E-state index contributed by atoms with van der Waals surface area (Å²) < 4.78 is 11.1. The highest BCUT2D eigenvalue weighted by Gasteiger charge is 2.32. The van der Waals surface area contributed by atoms with Crippen molar-refractivity contribution in [2.45, 2.75) is 39.7 Å². The number of piperidine rings is 1. The van der Waals surface area contributed by atoms with Crippen LogP contribution in [0.3, 0.4) is 0 Å². The maximum absolute atomic E-state index is 13.1. The monoisotopic (exact) mass is 478 g/mol. The molecule has 0 radical (unpaired) electrons. The maximum Gasteiger partial charge on any atom is 0.256 e. The van der Waals surface area contributed by atoms with Crippen molar-refractivity contribution in [2.24, 2.45) is 5.92 Å². The molecule has 0 bridgehead atoms. The molecule has 0 aliphatic carbocycles. The molecule has 0 spiro atoms. The van der Waals surface area contributed by atoms with Crippen LogP contribution in [-0.2, 0) is 0 Å². The van der Waals surface area contributed by atoms with Crippen LogP contribution >= 0.6 is 11.3 Å². The topological polar surface area (TPSA) is 50.8 Å². The number of nitrogens with one attached hydrogen (secondary N) is 1. The van der Waals surface area contributed by atoms with Crippen LogP contribution < -0.4 is 14.8 Å². The summed E-state index contributed by atoms with van der Waals surface area (Å²) in [6.45, 7) is 8.65. The Bertz CT molecular complexity index is 1130. The number of ether oxygens (including phenoxy) is 2. The van der Waals surface area contributed by atoms with Crippen LogP contribution in [0.5, 0.6) is 11.5 Å². The van der Waals surface area contributed by atoms with Crippen LogP contribution in [0, 0.1) is 19.8 Å². The molecular formula is C28H34N2O3S. The highest BCUT2D eigenvalue weighted by molar-refractivity contribution is 7.16. The minimum Gasteiger partial charge on any atom is -0.493 e. The molecule has 1 N–H and O–H groups in total. The van der Waals surface area contributed by atoms with E-state index in [2.05, 4.69) is 43.1 Å². The van der Waals surface area contributed by atoms with Gasteiger partial charge in [0.05, 0.1) is 20.3 Å². The number of anilines is 1. The molecule has 2 heterocycles. The number of hydrogen-bond donors (Lipinski definition) is 1. The number of thiophene rings is 1. The van der Waals surface area contributed by atoms with Gasteiger partial charge in [-0.3, -0.25) is 9.69 Å². The smallest absolute Gasteiger partial charge is 0.256 e. The average molecular weight is 479 g/mol. The minimum atomic E-state index is -0.0820. The number of carbonyl (C=O) groups is 1. The van der Waals surface area contributed by atoms with Crippen molar-refractivity contribution >= 4 is 22.2 Å². The van der Waals surface area contributed by atoms with Crippen molar-refractivity contribution in [1.82, 2.24) is 4.90 Å². The third-order valence-corrected chi connectivity index (χ3v) is 8.01. The number of aryl methyl sites for hydroxylation is 1. The summed E-state index contributed by atoms with van der Waals surface area (Å²) in [6.07, 6.45) is 2.33. The largest absolute Gasteiger partial charge is 0.493 e. The normalized spacial score (nSPS) is 15.7. The SMILES string of the molecule is COc1ccc([C@H](c2c(NC(=O)c3ccccc3)sc(C)c2C)N2CCC(C)CC2)cc1OC. The van der Waals surface area contributed by atoms with Crippen molar-refractivity contribution in [3.63, 3.8) is 0 Å². The van der Waals surface area contributed by atoms with Crippen LogP contribution in [-0.4, -0.2) is 38.1 Å². The van der Waals surface area contributed by atoms with E-state index in [1.54, 1.807) is 25.6 Å². The number of carbonyl (C=O) groups excluding carboxylic acids is 1. The fourth-order valence-corrected chi connectivity index (χ4v) is 5.79. The molecule has 1 saturated heterocycles. The standard InChI is InChI=1S/C28H34N2O3S/c1-18-13-15-30(16-14-18)26(22-11-12-23(32-4)24(17-22)33-5)25-19(2)20(3)34-28(25)29-27(31)21-9-7-6-8-10-21/h6-12,17-18,26H,13-16H2,1-5H3,(H,29,31)/t26-/m1/s1. The Morgan fingerprint density at radius 3 is 2.35 bits per heavy atom. The lowest BCUT2D eigenvalue weighted by Gasteiger charge is -2.38. The van der Waals surface area contributed by atoms with E-state index >= 15 is 0 Å². The molecule has 1 atom stereocenters. The molecule has 2 aromatic carbocycles. The minimum absolute atomic E-state index is 0.0170. The van der Waals surface area contributed by atoms with E-state index in [0.717, 1.165) is 48.2 Å². The lowest BCUT2D eigenvalue weighted by molar-refractivity contribution is 0.102. The molecule has 0 saturated carbocycles. The number of methoxy groups -OCH3 is 2. The molecule has 180 valence electrons. The van der Waals surface area contributed by atoms with Crippen molar-refractivity contribution in [2.75, 3.05) is 32.6 Å². The summed E-state index contributed by atoms with van der Waals surface area (Å²) in [6, 6.07) is 15.6. The van der Waals surface area contributed by atoms with Gasteiger partial charge in [-0.15, -0.1) is 11.3 Å². The Hall–Kier alpha value is -2.83. The third kappa shape index (κ3) is 4.98. The molecule has 1 aromatic heterocycles. The Labute approximate surface area is 206 Å². The van der Waals surface area contributed by atoms with E-state index < -0.39 is 0 Å². The first-order valence-corrected chi connectivity index (χ1v) is 12.7. The Morgan fingerprint density at radius 1 is 1.03 bits per heavy atom. The van der Waals surface area contributed by atoms with E-state index in [4.69, 9.17) is 9.47 Å². The number of nitrogens with zero attached hydrogens (tertiary/aromatic N) is 1. The first-order valence-electron chi connectivity index (χ1n) is 11.8. The van der Waals surface area contributed by atoms with Gasteiger partial charge < -0.3 is 14.8 Å². The van der Waals surface area contributed by atoms with E-state index in [0.29, 0.717) is 11.3 Å². The molecule has 1 amide bonds. The first-order chi connectivity index (χ1) is 16.4. The number of amides is 1. The fourth-order valence-electron chi connectivity index (χ4n) is 4.70. The molecule has 3 aromatic rings. The van der Waals surface area contributed by atoms with Gasteiger partial charge in [0.1, 0.15) is 5.00 Å². The second-order valence-electron chi connectivity index (χ2n) is 9.08. The van der Waals surface area contributed by atoms with Gasteiger partial charge in [-0.25, -0.2) is 0 Å². The third-order valence-electron chi connectivity index (χ3n) is 6.88. The van der Waals surface area contributed by atoms with Gasteiger partial charge in [0.2, 0.25) is 0 Å². The van der Waals surface area contributed by atoms with Gasteiger partial charge in [0.25, 0.3) is 5.91 Å². The van der Waals surface area contributed by atoms with Gasteiger partial charge in [0.15, 0.2) is 11.5 Å². The van der Waals surface area contributed by atoms with Gasteiger partial charge in [0, 0.05) is 16.0 Å². The van der Waals surface area contributed by atoms with Gasteiger partial charge in [-0.05, 0) is 81.1 Å². The summed E-state index contributed by atoms with van der Waals surface area (Å²) >= 11 is 1.65. The van der Waals surface area contributed by atoms with Crippen LogP contribution in [0.4, 0.5) is 5.00 Å². The Balaban J connectivity index is 1.79. The number of likely N-dealkylation sites (tertiary alicyclic amines) is 1. The Kier molecular flexibility index (Phi) is 7.59. The summed E-state index contributed by atoms with van der Waals surface area (Å²) in [7, 11) is 3.33. The second kappa shape index (κ2) is 10.6. The average Bonchev–Trinajstić information content (AvgIpc) is 3.13. The zero-order chi connectivity index (χ0) is 24.2. The van der Waals surface area contributed by atoms with Crippen LogP contribution in [0.1, 0.15) is 57.7 Å². The molecule has 4 rings (SSSR count). The lowest BCUT2D eigenvalue weighted by atomic mass is 9.90. The maximum atomic E-state index is 13.1. The summed E-state index contributed by atoms with van der Waals surface area (Å²) in [4.78, 5) is 16.9. The highest BCUT2D eigenvalue weighted by atomic mass is 32.1. The zero-order valence-corrected chi connectivity index (χ0v) is 21.5. The fraction of sp³-hybridized carbons (Fsp3) is 0.393. The molecule has 1 aliphatic heterocycles. The summed E-state index contributed by atoms with van der Waals surface area (Å²) in [5.41, 5.74) is 4.20. The predicted molar refractivity (Wildman–Crippen MR) is 140 cm³/mol. The van der Waals surface area contributed by atoms with Crippen LogP contribution in [0.15, 0.2) is 48.5 Å². The van der Waals surface area contributed by atoms with Crippen molar-refractivity contribution in [1.29, 1.82) is 0 Å². The van der Waals surface area contributed by atoms with E-state index in [1.807, 2.05) is 36.4 Å². The molecule has 6 heteroatoms. The molecule has 5 nitrogen and oxygen atoms in total. The van der Waals surface area contributed by atoms with E-state index in [1.165, 1.54) is 16.0 Å². The van der Waals surface area contributed by atoms with Gasteiger partial charge in [-0.1, -0.05) is 31.2 Å². The van der Waals surface area contributed by atoms with Crippen molar-refractivity contribution in [3.8, 4) is 11.5 Å². The van der Waals surface area contributed by atoms with Crippen LogP contribution in [0.25, 0.3) is 0 Å². The highest BCUT2D eigenvalue weighted by Crippen LogP contribution is 2.45. The van der Waals surface area contributed by atoms with Crippen LogP contribution in [0.2, 0.25) is 0 Å².